The van der Waals surface area contributed by atoms with Gasteiger partial charge >= 0.3 is 0 Å². The highest BCUT2D eigenvalue weighted by Gasteiger charge is 2.12. The number of pyridine rings is 1. The molecule has 0 aliphatic heterocycles. The number of fused-ring (bicyclic) bond motifs is 1. The lowest BCUT2D eigenvalue weighted by molar-refractivity contribution is -0.123. The first-order valence-electron chi connectivity index (χ1n) is 7.60. The summed E-state index contributed by atoms with van der Waals surface area (Å²) in [6.07, 6.45) is 0.0119. The van der Waals surface area contributed by atoms with Crippen LogP contribution in [0.4, 0.5) is 5.82 Å². The molecule has 3 N–H and O–H groups in total. The van der Waals surface area contributed by atoms with Gasteiger partial charge in [-0.3, -0.25) is 4.79 Å². The first-order chi connectivity index (χ1) is 11.0. The number of benzene rings is 1. The van der Waals surface area contributed by atoms with E-state index < -0.39 is 0 Å². The zero-order chi connectivity index (χ0) is 16.8. The van der Waals surface area contributed by atoms with E-state index in [4.69, 9.17) is 10.5 Å². The fourth-order valence-corrected chi connectivity index (χ4v) is 2.34. The molecular weight excluding hydrogens is 292 g/mol. The quantitative estimate of drug-likeness (QED) is 0.804. The molecular formula is C17H24N4O2. The number of rotatable bonds is 7. The van der Waals surface area contributed by atoms with Gasteiger partial charge in [0.25, 0.3) is 0 Å². The van der Waals surface area contributed by atoms with Crippen LogP contribution in [0.1, 0.15) is 12.0 Å². The molecule has 6 nitrogen and oxygen atoms in total. The summed E-state index contributed by atoms with van der Waals surface area (Å²) in [6, 6.07) is 9.92. The van der Waals surface area contributed by atoms with Crippen molar-refractivity contribution < 1.29 is 9.53 Å². The SMILES string of the molecule is COC(CN)CC(=O)NCc1cc(N(C)C)nc2ccccc12. The van der Waals surface area contributed by atoms with Gasteiger partial charge in [-0.25, -0.2) is 4.98 Å². The largest absolute Gasteiger partial charge is 0.380 e. The van der Waals surface area contributed by atoms with Crippen LogP contribution in [0.5, 0.6) is 0 Å². The number of carbonyl (C=O) groups excluding carboxylic acids is 1. The second-order valence-electron chi connectivity index (χ2n) is 5.63. The highest BCUT2D eigenvalue weighted by molar-refractivity contribution is 5.85. The number of carbonyl (C=O) groups is 1. The molecule has 1 aromatic carbocycles. The normalized spacial score (nSPS) is 12.2. The second-order valence-corrected chi connectivity index (χ2v) is 5.63. The lowest BCUT2D eigenvalue weighted by Gasteiger charge is -2.16. The number of anilines is 1. The van der Waals surface area contributed by atoms with Gasteiger partial charge < -0.3 is 20.7 Å². The van der Waals surface area contributed by atoms with E-state index in [9.17, 15) is 4.79 Å². The summed E-state index contributed by atoms with van der Waals surface area (Å²) in [4.78, 5) is 18.6. The number of methoxy groups -OCH3 is 1. The average Bonchev–Trinajstić information content (AvgIpc) is 2.57. The van der Waals surface area contributed by atoms with Crippen LogP contribution >= 0.6 is 0 Å². The molecule has 0 saturated carbocycles. The predicted octanol–water partition coefficient (Wildman–Crippen LogP) is 1.28. The number of nitrogens with zero attached hydrogens (tertiary/aromatic N) is 2. The van der Waals surface area contributed by atoms with Gasteiger partial charge in [-0.2, -0.15) is 0 Å². The third-order valence-electron chi connectivity index (χ3n) is 3.73. The Hall–Kier alpha value is -2.18. The molecule has 124 valence electrons. The van der Waals surface area contributed by atoms with Crippen LogP contribution < -0.4 is 16.0 Å². The van der Waals surface area contributed by atoms with Crippen molar-refractivity contribution in [3.63, 3.8) is 0 Å². The predicted molar refractivity (Wildman–Crippen MR) is 92.4 cm³/mol. The molecule has 0 aliphatic carbocycles. The van der Waals surface area contributed by atoms with Gasteiger partial charge in [-0.05, 0) is 17.7 Å². The summed E-state index contributed by atoms with van der Waals surface area (Å²) in [5, 5.41) is 3.98. The Morgan fingerprint density at radius 1 is 1.39 bits per heavy atom. The van der Waals surface area contributed by atoms with E-state index in [1.165, 1.54) is 0 Å². The zero-order valence-corrected chi connectivity index (χ0v) is 13.9. The lowest BCUT2D eigenvalue weighted by Crippen LogP contribution is -2.32. The number of para-hydroxylation sites is 1. The number of aromatic nitrogens is 1. The minimum atomic E-state index is -0.249. The fourth-order valence-electron chi connectivity index (χ4n) is 2.34. The van der Waals surface area contributed by atoms with Crippen molar-refractivity contribution in [2.75, 3.05) is 32.6 Å². The van der Waals surface area contributed by atoms with Crippen LogP contribution in [0, 0.1) is 0 Å². The van der Waals surface area contributed by atoms with Crippen LogP contribution in [0.3, 0.4) is 0 Å². The van der Waals surface area contributed by atoms with Crippen LogP contribution in [0.2, 0.25) is 0 Å². The summed E-state index contributed by atoms with van der Waals surface area (Å²) in [5.41, 5.74) is 7.50. The molecule has 6 heteroatoms. The Balaban J connectivity index is 2.17. The molecule has 0 saturated heterocycles. The Morgan fingerprint density at radius 3 is 2.78 bits per heavy atom. The highest BCUT2D eigenvalue weighted by Crippen LogP contribution is 2.22. The number of hydrogen-bond donors (Lipinski definition) is 2. The van der Waals surface area contributed by atoms with E-state index in [-0.39, 0.29) is 18.4 Å². The molecule has 1 atom stereocenters. The molecule has 1 unspecified atom stereocenters. The molecule has 0 aliphatic rings. The minimum absolute atomic E-state index is 0.0744. The Kier molecular flexibility index (Phi) is 5.90. The molecule has 0 bridgehead atoms. The van der Waals surface area contributed by atoms with Crippen molar-refractivity contribution in [2.45, 2.75) is 19.1 Å². The Labute approximate surface area is 136 Å². The maximum absolute atomic E-state index is 12.0. The van der Waals surface area contributed by atoms with Crippen molar-refractivity contribution in [2.24, 2.45) is 5.73 Å². The van der Waals surface area contributed by atoms with Gasteiger partial charge in [-0.15, -0.1) is 0 Å². The van der Waals surface area contributed by atoms with E-state index in [0.717, 1.165) is 22.3 Å². The molecule has 0 fully saturated rings. The zero-order valence-electron chi connectivity index (χ0n) is 13.9. The first-order valence-corrected chi connectivity index (χ1v) is 7.60. The first kappa shape index (κ1) is 17.2. The standard InChI is InChI=1S/C17H24N4O2/c1-21(2)16-8-12(14-6-4-5-7-15(14)20-16)11-19-17(22)9-13(10-18)23-3/h4-8,13H,9-11,18H2,1-3H3,(H,19,22). The van der Waals surface area contributed by atoms with E-state index in [1.54, 1.807) is 7.11 Å². The number of ether oxygens (including phenoxy) is 1. The summed E-state index contributed by atoms with van der Waals surface area (Å²) in [7, 11) is 5.46. The lowest BCUT2D eigenvalue weighted by atomic mass is 10.1. The minimum Gasteiger partial charge on any atom is -0.380 e. The maximum Gasteiger partial charge on any atom is 0.222 e. The van der Waals surface area contributed by atoms with Gasteiger partial charge in [0.05, 0.1) is 18.0 Å². The summed E-state index contributed by atoms with van der Waals surface area (Å²) in [5.74, 6) is 0.791. The Bertz CT molecular complexity index is 669. The Morgan fingerprint density at radius 2 is 2.13 bits per heavy atom. The van der Waals surface area contributed by atoms with E-state index in [1.807, 2.05) is 49.3 Å². The number of amides is 1. The fraction of sp³-hybridized carbons (Fsp3) is 0.412. The van der Waals surface area contributed by atoms with Crippen molar-refractivity contribution in [3.8, 4) is 0 Å². The molecule has 0 radical (unpaired) electrons. The van der Waals surface area contributed by atoms with Crippen LogP contribution in [0.15, 0.2) is 30.3 Å². The monoisotopic (exact) mass is 316 g/mol. The molecule has 23 heavy (non-hydrogen) atoms. The van der Waals surface area contributed by atoms with Crippen molar-refractivity contribution in [3.05, 3.63) is 35.9 Å². The smallest absolute Gasteiger partial charge is 0.222 e. The molecule has 2 rings (SSSR count). The summed E-state index contributed by atoms with van der Waals surface area (Å²) < 4.78 is 5.14. The maximum atomic E-state index is 12.0. The number of nitrogens with two attached hydrogens (primary N) is 1. The van der Waals surface area contributed by atoms with Crippen LogP contribution in [-0.2, 0) is 16.1 Å². The highest BCUT2D eigenvalue weighted by atomic mass is 16.5. The third kappa shape index (κ3) is 4.40. The number of nitrogens with one attached hydrogen (secondary N) is 1. The topological polar surface area (TPSA) is 80.5 Å². The van der Waals surface area contributed by atoms with Crippen LogP contribution in [0.25, 0.3) is 10.9 Å². The van der Waals surface area contributed by atoms with E-state index in [0.29, 0.717) is 13.1 Å². The van der Waals surface area contributed by atoms with Gasteiger partial charge in [0.2, 0.25) is 5.91 Å². The van der Waals surface area contributed by atoms with Crippen molar-refractivity contribution in [1.82, 2.24) is 10.3 Å². The third-order valence-corrected chi connectivity index (χ3v) is 3.73. The van der Waals surface area contributed by atoms with Gasteiger partial charge in [-0.1, -0.05) is 18.2 Å². The summed E-state index contributed by atoms with van der Waals surface area (Å²) in [6.45, 7) is 0.774. The van der Waals surface area contributed by atoms with E-state index >= 15 is 0 Å². The van der Waals surface area contributed by atoms with E-state index in [2.05, 4.69) is 10.3 Å². The average molecular weight is 316 g/mol. The summed E-state index contributed by atoms with van der Waals surface area (Å²) >= 11 is 0. The number of hydrogen-bond acceptors (Lipinski definition) is 5. The van der Waals surface area contributed by atoms with Crippen LogP contribution in [-0.4, -0.2) is 44.7 Å². The van der Waals surface area contributed by atoms with Gasteiger partial charge in [0, 0.05) is 39.7 Å². The van der Waals surface area contributed by atoms with Crippen molar-refractivity contribution in [1.29, 1.82) is 0 Å². The molecule has 2 aromatic rings. The van der Waals surface area contributed by atoms with Crippen molar-refractivity contribution >= 4 is 22.6 Å². The molecule has 1 amide bonds. The van der Waals surface area contributed by atoms with Gasteiger partial charge in [0.1, 0.15) is 5.82 Å². The molecule has 1 aromatic heterocycles. The molecule has 1 heterocycles. The van der Waals surface area contributed by atoms with Gasteiger partial charge in [0.15, 0.2) is 0 Å². The molecule has 0 spiro atoms. The second kappa shape index (κ2) is 7.89.